The SMILES string of the molecule is CCOP(=O)(OCC)C1=C(OC(C)=O)[C@H](OCc2ccccc2)[C@@H](COCc2ccccc2)O[C@H]1c1ccccc1. The molecule has 8 nitrogen and oxygen atoms in total. The third-order valence-electron chi connectivity index (χ3n) is 6.32. The average molecular weight is 581 g/mol. The lowest BCUT2D eigenvalue weighted by atomic mass is 10.0. The molecule has 0 bridgehead atoms. The molecule has 3 atom stereocenters. The van der Waals surface area contributed by atoms with Crippen molar-refractivity contribution in [3.8, 4) is 0 Å². The molecule has 0 spiro atoms. The summed E-state index contributed by atoms with van der Waals surface area (Å²) in [6, 6.07) is 28.7. The molecular weight excluding hydrogens is 543 g/mol. The highest BCUT2D eigenvalue weighted by Gasteiger charge is 2.49. The first kappa shape index (κ1) is 30.8. The Balaban J connectivity index is 1.81. The van der Waals surface area contributed by atoms with Crippen molar-refractivity contribution in [2.45, 2.75) is 52.3 Å². The minimum absolute atomic E-state index is 0.0621. The van der Waals surface area contributed by atoms with E-state index in [0.29, 0.717) is 12.2 Å². The van der Waals surface area contributed by atoms with Crippen molar-refractivity contribution in [2.24, 2.45) is 0 Å². The standard InChI is InChI=1S/C32H37O8P/c1-4-37-41(34,38-5-2)32-29(27-19-13-8-14-20-27)40-28(23-35-21-25-15-9-6-10-16-25)30(31(32)39-24(3)33)36-22-26-17-11-7-12-18-26/h6-20,28-30H,4-5,21-23H2,1-3H3/t28-,29+,30-/m1/s1. The molecule has 0 radical (unpaired) electrons. The number of hydrogen-bond donors (Lipinski definition) is 0. The molecule has 4 rings (SSSR count). The smallest absolute Gasteiger partial charge is 0.363 e. The van der Waals surface area contributed by atoms with Crippen molar-refractivity contribution >= 4 is 13.6 Å². The summed E-state index contributed by atoms with van der Waals surface area (Å²) < 4.78 is 50.9. The van der Waals surface area contributed by atoms with Gasteiger partial charge in [0.1, 0.15) is 23.6 Å². The lowest BCUT2D eigenvalue weighted by Crippen LogP contribution is -2.44. The summed E-state index contributed by atoms with van der Waals surface area (Å²) in [4.78, 5) is 12.5. The summed E-state index contributed by atoms with van der Waals surface area (Å²) in [6.07, 6.45) is -2.57. The fraction of sp³-hybridized carbons (Fsp3) is 0.344. The fourth-order valence-corrected chi connectivity index (χ4v) is 6.59. The molecule has 0 saturated carbocycles. The number of ether oxygens (including phenoxy) is 4. The van der Waals surface area contributed by atoms with Crippen molar-refractivity contribution < 1.29 is 37.4 Å². The molecule has 218 valence electrons. The van der Waals surface area contributed by atoms with Gasteiger partial charge in [0.05, 0.1) is 33.0 Å². The lowest BCUT2D eigenvalue weighted by molar-refractivity contribution is -0.157. The zero-order chi connectivity index (χ0) is 29.1. The van der Waals surface area contributed by atoms with E-state index in [1.54, 1.807) is 13.8 Å². The monoisotopic (exact) mass is 580 g/mol. The Morgan fingerprint density at radius 3 is 1.88 bits per heavy atom. The summed E-state index contributed by atoms with van der Waals surface area (Å²) in [7, 11) is -4.01. The third kappa shape index (κ3) is 8.23. The molecule has 1 aliphatic heterocycles. The number of carbonyl (C=O) groups is 1. The molecule has 9 heteroatoms. The summed E-state index contributed by atoms with van der Waals surface area (Å²) in [5.41, 5.74) is 2.60. The summed E-state index contributed by atoms with van der Waals surface area (Å²) in [6.45, 7) is 5.60. The van der Waals surface area contributed by atoms with Crippen LogP contribution in [0, 0.1) is 0 Å². The van der Waals surface area contributed by atoms with Crippen molar-refractivity contribution in [1.29, 1.82) is 0 Å². The van der Waals surface area contributed by atoms with Crippen molar-refractivity contribution in [3.63, 3.8) is 0 Å². The van der Waals surface area contributed by atoms with E-state index in [0.717, 1.165) is 11.1 Å². The van der Waals surface area contributed by atoms with E-state index in [-0.39, 0.29) is 37.5 Å². The van der Waals surface area contributed by atoms with Gasteiger partial charge in [-0.25, -0.2) is 0 Å². The molecule has 0 saturated heterocycles. The van der Waals surface area contributed by atoms with Crippen LogP contribution in [0.1, 0.15) is 43.6 Å². The second kappa shape index (κ2) is 15.2. The second-order valence-electron chi connectivity index (χ2n) is 9.36. The van der Waals surface area contributed by atoms with Crippen LogP contribution in [0.2, 0.25) is 0 Å². The van der Waals surface area contributed by atoms with Gasteiger partial charge in [-0.1, -0.05) is 91.0 Å². The molecule has 0 amide bonds. The molecule has 1 heterocycles. The van der Waals surface area contributed by atoms with Crippen LogP contribution in [0.15, 0.2) is 102 Å². The normalized spacial score (nSPS) is 19.2. The quantitative estimate of drug-likeness (QED) is 0.149. The molecule has 0 aromatic heterocycles. The van der Waals surface area contributed by atoms with E-state index in [4.69, 9.17) is 28.0 Å². The summed E-state index contributed by atoms with van der Waals surface area (Å²) >= 11 is 0. The Morgan fingerprint density at radius 2 is 1.34 bits per heavy atom. The predicted octanol–water partition coefficient (Wildman–Crippen LogP) is 6.97. The Labute approximate surface area is 241 Å². The van der Waals surface area contributed by atoms with Crippen molar-refractivity contribution in [1.82, 2.24) is 0 Å². The van der Waals surface area contributed by atoms with Crippen LogP contribution >= 0.6 is 7.60 Å². The largest absolute Gasteiger partial charge is 0.428 e. The maximum atomic E-state index is 14.4. The van der Waals surface area contributed by atoms with Crippen LogP contribution in [-0.2, 0) is 50.6 Å². The highest BCUT2D eigenvalue weighted by Crippen LogP contribution is 2.64. The summed E-state index contributed by atoms with van der Waals surface area (Å²) in [5, 5.41) is 0.111. The fourth-order valence-electron chi connectivity index (χ4n) is 4.62. The van der Waals surface area contributed by atoms with E-state index >= 15 is 0 Å². The molecular formula is C32H37O8P. The molecule has 0 aliphatic carbocycles. The maximum Gasteiger partial charge on any atom is 0.363 e. The topological polar surface area (TPSA) is 89.5 Å². The second-order valence-corrected chi connectivity index (χ2v) is 11.4. The van der Waals surface area contributed by atoms with Gasteiger partial charge < -0.3 is 28.0 Å². The highest BCUT2D eigenvalue weighted by atomic mass is 31.2. The minimum atomic E-state index is -4.01. The Bertz CT molecular complexity index is 1300. The van der Waals surface area contributed by atoms with Gasteiger partial charge >= 0.3 is 13.6 Å². The van der Waals surface area contributed by atoms with Gasteiger partial charge in [-0.3, -0.25) is 9.36 Å². The van der Waals surface area contributed by atoms with Gasteiger partial charge in [0.2, 0.25) is 0 Å². The Kier molecular flexibility index (Phi) is 11.5. The predicted molar refractivity (Wildman–Crippen MR) is 155 cm³/mol. The van der Waals surface area contributed by atoms with Gasteiger partial charge in [-0.2, -0.15) is 0 Å². The van der Waals surface area contributed by atoms with Crippen molar-refractivity contribution in [2.75, 3.05) is 19.8 Å². The van der Waals surface area contributed by atoms with Gasteiger partial charge in [0.15, 0.2) is 5.76 Å². The number of hydrogen-bond acceptors (Lipinski definition) is 8. The molecule has 3 aromatic carbocycles. The minimum Gasteiger partial charge on any atom is -0.428 e. The van der Waals surface area contributed by atoms with Gasteiger partial charge in [0.25, 0.3) is 0 Å². The van der Waals surface area contributed by atoms with Gasteiger partial charge in [-0.15, -0.1) is 0 Å². The molecule has 0 fully saturated rings. The molecule has 0 N–H and O–H groups in total. The van der Waals surface area contributed by atoms with Crippen molar-refractivity contribution in [3.05, 3.63) is 119 Å². The molecule has 0 unspecified atom stereocenters. The third-order valence-corrected chi connectivity index (χ3v) is 8.56. The van der Waals surface area contributed by atoms with Gasteiger partial charge in [0, 0.05) is 6.92 Å². The van der Waals surface area contributed by atoms with E-state index in [9.17, 15) is 9.36 Å². The maximum absolute atomic E-state index is 14.4. The molecule has 3 aromatic rings. The van der Waals surface area contributed by atoms with E-state index in [1.807, 2.05) is 91.0 Å². The van der Waals surface area contributed by atoms with Crippen LogP contribution in [-0.4, -0.2) is 38.0 Å². The Morgan fingerprint density at radius 1 is 0.805 bits per heavy atom. The van der Waals surface area contributed by atoms with Crippen LogP contribution in [0.3, 0.4) is 0 Å². The van der Waals surface area contributed by atoms with Crippen LogP contribution in [0.4, 0.5) is 0 Å². The zero-order valence-corrected chi connectivity index (χ0v) is 24.5. The first-order chi connectivity index (χ1) is 19.9. The Hall–Kier alpha value is -3.10. The number of esters is 1. The van der Waals surface area contributed by atoms with Crippen LogP contribution < -0.4 is 0 Å². The van der Waals surface area contributed by atoms with Crippen LogP contribution in [0.5, 0.6) is 0 Å². The average Bonchev–Trinajstić information content (AvgIpc) is 2.98. The number of carbonyl (C=O) groups excluding carboxylic acids is 1. The zero-order valence-electron chi connectivity index (χ0n) is 23.6. The van der Waals surface area contributed by atoms with Gasteiger partial charge in [-0.05, 0) is 30.5 Å². The molecule has 1 aliphatic rings. The van der Waals surface area contributed by atoms with E-state index in [2.05, 4.69) is 0 Å². The lowest BCUT2D eigenvalue weighted by Gasteiger charge is -2.40. The number of rotatable bonds is 14. The van der Waals surface area contributed by atoms with E-state index in [1.165, 1.54) is 6.92 Å². The number of benzene rings is 3. The first-order valence-electron chi connectivity index (χ1n) is 13.7. The molecule has 41 heavy (non-hydrogen) atoms. The summed E-state index contributed by atoms with van der Waals surface area (Å²) in [5.74, 6) is -0.532. The van der Waals surface area contributed by atoms with Crippen LogP contribution in [0.25, 0.3) is 0 Å². The first-order valence-corrected chi connectivity index (χ1v) is 15.3. The highest BCUT2D eigenvalue weighted by molar-refractivity contribution is 7.58. The van der Waals surface area contributed by atoms with E-state index < -0.39 is 31.9 Å².